The van der Waals surface area contributed by atoms with E-state index in [4.69, 9.17) is 4.74 Å². The highest BCUT2D eigenvalue weighted by Gasteiger charge is 2.34. The fourth-order valence-corrected chi connectivity index (χ4v) is 5.50. The van der Waals surface area contributed by atoms with Crippen molar-refractivity contribution in [3.8, 4) is 22.8 Å². The van der Waals surface area contributed by atoms with Gasteiger partial charge in [0.05, 0.1) is 0 Å². The molecule has 1 saturated heterocycles. The molecule has 6 nitrogen and oxygen atoms in total. The third-order valence-electron chi connectivity index (χ3n) is 7.59. The van der Waals surface area contributed by atoms with E-state index in [2.05, 4.69) is 30.6 Å². The Morgan fingerprint density at radius 1 is 0.972 bits per heavy atom. The molecule has 3 aromatic heterocycles. The van der Waals surface area contributed by atoms with Crippen LogP contribution in [0.1, 0.15) is 25.3 Å². The van der Waals surface area contributed by atoms with E-state index in [1.54, 1.807) is 18.6 Å². The number of hydrogen-bond donors (Lipinski definition) is 0. The van der Waals surface area contributed by atoms with Crippen molar-refractivity contribution in [3.05, 3.63) is 79.1 Å². The molecule has 0 N–H and O–H groups in total. The van der Waals surface area contributed by atoms with Crippen molar-refractivity contribution in [1.82, 2.24) is 24.4 Å². The molecule has 2 aliphatic rings. The van der Waals surface area contributed by atoms with Crippen molar-refractivity contribution in [3.63, 3.8) is 0 Å². The molecule has 5 aromatic rings. The average Bonchev–Trinajstić information content (AvgIpc) is 3.22. The van der Waals surface area contributed by atoms with Gasteiger partial charge in [-0.05, 0) is 56.5 Å². The second-order valence-electron chi connectivity index (χ2n) is 9.92. The summed E-state index contributed by atoms with van der Waals surface area (Å²) < 4.78 is 24.1. The van der Waals surface area contributed by atoms with Crippen molar-refractivity contribution in [2.24, 2.45) is 5.92 Å². The van der Waals surface area contributed by atoms with Crippen molar-refractivity contribution in [1.29, 1.82) is 0 Å². The number of fused-ring (bicyclic) bond motifs is 2. The van der Waals surface area contributed by atoms with Crippen LogP contribution in [0.5, 0.6) is 11.6 Å². The van der Waals surface area contributed by atoms with E-state index < -0.39 is 0 Å². The minimum absolute atomic E-state index is 0.289. The number of likely N-dealkylation sites (tertiary alicyclic amines) is 1. The number of ether oxygens (including phenoxy) is 1. The van der Waals surface area contributed by atoms with Crippen molar-refractivity contribution >= 4 is 21.9 Å². The van der Waals surface area contributed by atoms with Crippen LogP contribution >= 0.6 is 0 Å². The fourth-order valence-electron chi connectivity index (χ4n) is 5.50. The number of para-hydroxylation sites is 1. The smallest absolute Gasteiger partial charge is 0.219 e. The van der Waals surface area contributed by atoms with Crippen LogP contribution in [0.25, 0.3) is 33.1 Å². The van der Waals surface area contributed by atoms with E-state index in [1.165, 1.54) is 26.1 Å². The topological polar surface area (TPSA) is 56.1 Å². The van der Waals surface area contributed by atoms with Gasteiger partial charge < -0.3 is 14.2 Å². The molecule has 0 spiro atoms. The molecule has 1 aliphatic carbocycles. The summed E-state index contributed by atoms with van der Waals surface area (Å²) in [5.74, 6) is 1.38. The van der Waals surface area contributed by atoms with Gasteiger partial charge in [0.25, 0.3) is 0 Å². The molecule has 0 unspecified atom stereocenters. The zero-order chi connectivity index (χ0) is 24.1. The molecule has 0 amide bonds. The first-order valence-electron chi connectivity index (χ1n) is 12.6. The standard InChI is InChI=1S/C29H26FN5O/c30-27-23(9-7-20-8-10-26(33-28(20)27)36-22-5-2-1-3-6-22)25-17-35(29-24(25)15-31-18-32-29)21-13-19(14-21)16-34-11-4-12-34/h1-3,5-10,15,17-19,21H,4,11-14,16H2. The lowest BCUT2D eigenvalue weighted by molar-refractivity contribution is 0.0921. The van der Waals surface area contributed by atoms with Crippen LogP contribution in [-0.2, 0) is 0 Å². The van der Waals surface area contributed by atoms with Crippen LogP contribution in [0.15, 0.2) is 73.3 Å². The highest BCUT2D eigenvalue weighted by Crippen LogP contribution is 2.43. The first-order chi connectivity index (χ1) is 17.7. The molecule has 4 heterocycles. The van der Waals surface area contributed by atoms with Gasteiger partial charge in [0.1, 0.15) is 23.2 Å². The first kappa shape index (κ1) is 21.4. The quantitative estimate of drug-likeness (QED) is 0.289. The van der Waals surface area contributed by atoms with Gasteiger partial charge in [-0.3, -0.25) is 0 Å². The van der Waals surface area contributed by atoms with Crippen molar-refractivity contribution in [2.75, 3.05) is 19.6 Å². The predicted molar refractivity (Wildman–Crippen MR) is 138 cm³/mol. The minimum Gasteiger partial charge on any atom is -0.439 e. The zero-order valence-corrected chi connectivity index (χ0v) is 19.8. The summed E-state index contributed by atoms with van der Waals surface area (Å²) in [5.41, 5.74) is 2.45. The lowest BCUT2D eigenvalue weighted by Crippen LogP contribution is -2.43. The minimum atomic E-state index is -0.363. The number of pyridine rings is 1. The summed E-state index contributed by atoms with van der Waals surface area (Å²) in [6.45, 7) is 3.66. The third kappa shape index (κ3) is 3.71. The maximum Gasteiger partial charge on any atom is 0.219 e. The van der Waals surface area contributed by atoms with Crippen LogP contribution in [0.4, 0.5) is 4.39 Å². The second-order valence-corrected chi connectivity index (χ2v) is 9.92. The van der Waals surface area contributed by atoms with Gasteiger partial charge in [-0.2, -0.15) is 0 Å². The molecule has 1 aliphatic heterocycles. The van der Waals surface area contributed by atoms with E-state index in [0.29, 0.717) is 23.2 Å². The Kier molecular flexibility index (Phi) is 5.17. The Morgan fingerprint density at radius 3 is 2.61 bits per heavy atom. The largest absolute Gasteiger partial charge is 0.439 e. The fraction of sp³-hybridized carbons (Fsp3) is 0.276. The molecular formula is C29H26FN5O. The van der Waals surface area contributed by atoms with E-state index in [-0.39, 0.29) is 11.3 Å². The molecule has 0 atom stereocenters. The van der Waals surface area contributed by atoms with Crippen LogP contribution in [0.3, 0.4) is 0 Å². The molecule has 7 rings (SSSR count). The summed E-state index contributed by atoms with van der Waals surface area (Å²) in [7, 11) is 0. The summed E-state index contributed by atoms with van der Waals surface area (Å²) in [5, 5.41) is 1.59. The molecular weight excluding hydrogens is 453 g/mol. The summed E-state index contributed by atoms with van der Waals surface area (Å²) in [6, 6.07) is 17.1. The molecule has 2 aromatic carbocycles. The SMILES string of the molecule is Fc1c(-c2cn(C3CC(CN4CCC4)C3)c3ncncc23)ccc2ccc(Oc3ccccc3)nc12. The van der Waals surface area contributed by atoms with Gasteiger partial charge >= 0.3 is 0 Å². The van der Waals surface area contributed by atoms with Gasteiger partial charge in [0, 0.05) is 52.9 Å². The molecule has 36 heavy (non-hydrogen) atoms. The normalized spacial score (nSPS) is 19.8. The highest BCUT2D eigenvalue weighted by molar-refractivity contribution is 5.96. The Labute approximate surface area is 208 Å². The molecule has 0 radical (unpaired) electrons. The second kappa shape index (κ2) is 8.68. The zero-order valence-electron chi connectivity index (χ0n) is 19.8. The van der Waals surface area contributed by atoms with E-state index in [9.17, 15) is 0 Å². The number of rotatable bonds is 6. The molecule has 180 valence electrons. The Balaban J connectivity index is 1.24. The van der Waals surface area contributed by atoms with Crippen LogP contribution in [0, 0.1) is 11.7 Å². The Morgan fingerprint density at radius 2 is 1.81 bits per heavy atom. The van der Waals surface area contributed by atoms with Gasteiger partial charge in [0.2, 0.25) is 5.88 Å². The third-order valence-corrected chi connectivity index (χ3v) is 7.59. The molecule has 7 heteroatoms. The molecule has 1 saturated carbocycles. The Hall–Kier alpha value is -3.84. The van der Waals surface area contributed by atoms with Gasteiger partial charge in [-0.15, -0.1) is 0 Å². The first-order valence-corrected chi connectivity index (χ1v) is 12.6. The maximum absolute atomic E-state index is 16.0. The van der Waals surface area contributed by atoms with E-state index in [1.807, 2.05) is 48.5 Å². The van der Waals surface area contributed by atoms with E-state index >= 15 is 4.39 Å². The van der Waals surface area contributed by atoms with Gasteiger partial charge in [-0.25, -0.2) is 19.3 Å². The number of halogens is 1. The lowest BCUT2D eigenvalue weighted by atomic mass is 9.79. The number of nitrogens with zero attached hydrogens (tertiary/aromatic N) is 5. The Bertz CT molecular complexity index is 1560. The number of hydrogen-bond acceptors (Lipinski definition) is 5. The van der Waals surface area contributed by atoms with E-state index in [0.717, 1.165) is 40.7 Å². The van der Waals surface area contributed by atoms with Crippen molar-refractivity contribution in [2.45, 2.75) is 25.3 Å². The lowest BCUT2D eigenvalue weighted by Gasteiger charge is -2.42. The van der Waals surface area contributed by atoms with Crippen LogP contribution in [-0.4, -0.2) is 44.1 Å². The monoisotopic (exact) mass is 479 g/mol. The number of benzene rings is 2. The summed E-state index contributed by atoms with van der Waals surface area (Å²) in [6.07, 6.45) is 9.00. The summed E-state index contributed by atoms with van der Waals surface area (Å²) >= 11 is 0. The molecule has 0 bridgehead atoms. The summed E-state index contributed by atoms with van der Waals surface area (Å²) in [4.78, 5) is 15.9. The van der Waals surface area contributed by atoms with Crippen LogP contribution in [0.2, 0.25) is 0 Å². The maximum atomic E-state index is 16.0. The van der Waals surface area contributed by atoms with Crippen LogP contribution < -0.4 is 4.74 Å². The molecule has 2 fully saturated rings. The average molecular weight is 480 g/mol. The van der Waals surface area contributed by atoms with Gasteiger partial charge in [-0.1, -0.05) is 30.3 Å². The highest BCUT2D eigenvalue weighted by atomic mass is 19.1. The predicted octanol–water partition coefficient (Wildman–Crippen LogP) is 6.23. The van der Waals surface area contributed by atoms with Crippen molar-refractivity contribution < 1.29 is 9.13 Å². The van der Waals surface area contributed by atoms with Gasteiger partial charge in [0.15, 0.2) is 5.82 Å². The number of aromatic nitrogens is 4.